The van der Waals surface area contributed by atoms with Crippen molar-refractivity contribution < 1.29 is 4.79 Å². The third kappa shape index (κ3) is 1.36. The van der Waals surface area contributed by atoms with Crippen molar-refractivity contribution >= 4 is 5.91 Å². The molecule has 2 aliphatic rings. The van der Waals surface area contributed by atoms with Crippen LogP contribution in [0, 0.1) is 5.92 Å². The molecule has 0 spiro atoms. The maximum Gasteiger partial charge on any atom is 0.221 e. The average Bonchev–Trinajstić information content (AvgIpc) is 2.31. The zero-order valence-electron chi connectivity index (χ0n) is 6.39. The third-order valence-electron chi connectivity index (χ3n) is 2.39. The summed E-state index contributed by atoms with van der Waals surface area (Å²) in [7, 11) is 0. The topological polar surface area (TPSA) is 53.2 Å². The Morgan fingerprint density at radius 2 is 2.36 bits per heavy atom. The quantitative estimate of drug-likeness (QED) is 0.435. The van der Waals surface area contributed by atoms with Crippen molar-refractivity contribution in [3.05, 3.63) is 0 Å². The van der Waals surface area contributed by atoms with Crippen molar-refractivity contribution in [2.45, 2.75) is 25.4 Å². The number of rotatable bonds is 0. The third-order valence-corrected chi connectivity index (χ3v) is 2.39. The Bertz CT molecular complexity index is 171. The van der Waals surface area contributed by atoms with E-state index in [0.717, 1.165) is 19.4 Å². The highest BCUT2D eigenvalue weighted by Gasteiger charge is 2.29. The minimum atomic E-state index is 0.171. The molecule has 0 saturated carbocycles. The Morgan fingerprint density at radius 3 is 3.27 bits per heavy atom. The summed E-state index contributed by atoms with van der Waals surface area (Å²) in [4.78, 5) is 11.0. The molecule has 0 aromatic heterocycles. The summed E-state index contributed by atoms with van der Waals surface area (Å²) in [5.41, 5.74) is 6.09. The van der Waals surface area contributed by atoms with E-state index < -0.39 is 0 Å². The van der Waals surface area contributed by atoms with Gasteiger partial charge in [0.1, 0.15) is 0 Å². The monoisotopic (exact) mass is 155 g/mol. The highest BCUT2D eigenvalue weighted by molar-refractivity contribution is 5.76. The molecule has 0 bridgehead atoms. The van der Waals surface area contributed by atoms with Gasteiger partial charge in [-0.3, -0.25) is 10.2 Å². The van der Waals surface area contributed by atoms with Crippen molar-refractivity contribution in [2.75, 3.05) is 6.54 Å². The average molecular weight is 155 g/mol. The summed E-state index contributed by atoms with van der Waals surface area (Å²) in [5.74, 6) is 0.759. The van der Waals surface area contributed by atoms with Gasteiger partial charge in [-0.1, -0.05) is 0 Å². The first kappa shape index (κ1) is 7.06. The number of hydrazine groups is 1. The lowest BCUT2D eigenvalue weighted by molar-refractivity contribution is -0.121. The molecular formula is C7H13N3O. The summed E-state index contributed by atoms with van der Waals surface area (Å²) in [6.07, 6.45) is 3.03. The molecule has 2 aliphatic heterocycles. The number of hydrogen-bond donors (Lipinski definition) is 3. The number of carbonyl (C=O) groups excluding carboxylic acids is 1. The summed E-state index contributed by atoms with van der Waals surface area (Å²) >= 11 is 0. The Morgan fingerprint density at radius 1 is 1.45 bits per heavy atom. The normalized spacial score (nSPS) is 37.6. The highest BCUT2D eigenvalue weighted by Crippen LogP contribution is 2.17. The molecule has 3 N–H and O–H groups in total. The van der Waals surface area contributed by atoms with E-state index in [4.69, 9.17) is 0 Å². The van der Waals surface area contributed by atoms with Crippen molar-refractivity contribution in [3.8, 4) is 0 Å². The van der Waals surface area contributed by atoms with Crippen molar-refractivity contribution in [3.63, 3.8) is 0 Å². The Labute approximate surface area is 65.7 Å². The van der Waals surface area contributed by atoms with E-state index >= 15 is 0 Å². The smallest absolute Gasteiger partial charge is 0.221 e. The van der Waals surface area contributed by atoms with E-state index in [0.29, 0.717) is 12.3 Å². The van der Waals surface area contributed by atoms with E-state index in [1.807, 2.05) is 0 Å². The lowest BCUT2D eigenvalue weighted by Gasteiger charge is -2.14. The molecule has 0 aromatic carbocycles. The number of nitrogens with one attached hydrogen (secondary N) is 3. The van der Waals surface area contributed by atoms with Crippen LogP contribution in [0.4, 0.5) is 0 Å². The molecule has 0 aromatic rings. The first-order valence-corrected chi connectivity index (χ1v) is 4.14. The fourth-order valence-corrected chi connectivity index (χ4v) is 1.73. The summed E-state index contributed by atoms with van der Waals surface area (Å²) in [5, 5.41) is 2.93. The Hall–Kier alpha value is -0.610. The molecule has 0 radical (unpaired) electrons. The van der Waals surface area contributed by atoms with Gasteiger partial charge >= 0.3 is 0 Å². The second kappa shape index (κ2) is 2.79. The van der Waals surface area contributed by atoms with Crippen molar-refractivity contribution in [2.24, 2.45) is 5.92 Å². The maximum absolute atomic E-state index is 11.0. The van der Waals surface area contributed by atoms with E-state index in [-0.39, 0.29) is 12.1 Å². The van der Waals surface area contributed by atoms with E-state index in [1.165, 1.54) is 0 Å². The predicted octanol–water partition coefficient (Wildman–Crippen LogP) is -0.663. The molecule has 2 rings (SSSR count). The zero-order chi connectivity index (χ0) is 7.68. The fraction of sp³-hybridized carbons (Fsp3) is 0.857. The van der Waals surface area contributed by atoms with Gasteiger partial charge in [0, 0.05) is 18.9 Å². The lowest BCUT2D eigenvalue weighted by atomic mass is 10.0. The van der Waals surface area contributed by atoms with E-state index in [1.54, 1.807) is 0 Å². The van der Waals surface area contributed by atoms with Gasteiger partial charge in [0.25, 0.3) is 0 Å². The minimum absolute atomic E-state index is 0.171. The van der Waals surface area contributed by atoms with E-state index in [2.05, 4.69) is 16.2 Å². The first-order valence-electron chi connectivity index (χ1n) is 4.14. The number of fused-ring (bicyclic) bond motifs is 1. The van der Waals surface area contributed by atoms with Crippen LogP contribution < -0.4 is 16.2 Å². The lowest BCUT2D eigenvalue weighted by Crippen LogP contribution is -2.45. The molecule has 11 heavy (non-hydrogen) atoms. The standard InChI is InChI=1S/C7H13N3O/c11-6-3-1-2-5-4-8-10-7(5)9-6/h5,7-8,10H,1-4H2,(H,9,11). The van der Waals surface area contributed by atoms with Crippen LogP contribution in [0.15, 0.2) is 0 Å². The fourth-order valence-electron chi connectivity index (χ4n) is 1.73. The molecular weight excluding hydrogens is 142 g/mol. The minimum Gasteiger partial charge on any atom is -0.339 e. The van der Waals surface area contributed by atoms with Crippen molar-refractivity contribution in [1.29, 1.82) is 0 Å². The molecule has 0 aliphatic carbocycles. The number of hydrogen-bond acceptors (Lipinski definition) is 3. The summed E-state index contributed by atoms with van der Waals surface area (Å²) in [6, 6.07) is 0. The van der Waals surface area contributed by atoms with Crippen LogP contribution in [-0.2, 0) is 4.79 Å². The van der Waals surface area contributed by atoms with Gasteiger partial charge in [-0.15, -0.1) is 0 Å². The molecule has 2 saturated heterocycles. The number of amides is 1. The van der Waals surface area contributed by atoms with Crippen LogP contribution in [0.2, 0.25) is 0 Å². The maximum atomic E-state index is 11.0. The van der Waals surface area contributed by atoms with Gasteiger partial charge in [-0.25, -0.2) is 5.43 Å². The summed E-state index contributed by atoms with van der Waals surface area (Å²) in [6.45, 7) is 0.977. The molecule has 2 atom stereocenters. The molecule has 4 heteroatoms. The molecule has 2 fully saturated rings. The van der Waals surface area contributed by atoms with Gasteiger partial charge in [0.15, 0.2) is 0 Å². The van der Waals surface area contributed by atoms with Crippen LogP contribution in [0.25, 0.3) is 0 Å². The highest BCUT2D eigenvalue weighted by atomic mass is 16.1. The number of carbonyl (C=O) groups is 1. The van der Waals surface area contributed by atoms with Gasteiger partial charge in [0.05, 0.1) is 6.17 Å². The largest absolute Gasteiger partial charge is 0.339 e. The predicted molar refractivity (Wildman–Crippen MR) is 40.4 cm³/mol. The van der Waals surface area contributed by atoms with Gasteiger partial charge in [-0.2, -0.15) is 0 Å². The molecule has 4 nitrogen and oxygen atoms in total. The molecule has 62 valence electrons. The summed E-state index contributed by atoms with van der Waals surface area (Å²) < 4.78 is 0. The Balaban J connectivity index is 2.03. The van der Waals surface area contributed by atoms with Gasteiger partial charge in [0.2, 0.25) is 5.91 Å². The first-order chi connectivity index (χ1) is 5.36. The molecule has 2 unspecified atom stereocenters. The Kier molecular flexibility index (Phi) is 1.79. The van der Waals surface area contributed by atoms with Crippen molar-refractivity contribution in [1.82, 2.24) is 16.2 Å². The SMILES string of the molecule is O=C1CCCC2CNNC2N1. The zero-order valence-corrected chi connectivity index (χ0v) is 6.39. The molecule has 1 amide bonds. The second-order valence-electron chi connectivity index (χ2n) is 3.22. The van der Waals surface area contributed by atoms with Gasteiger partial charge < -0.3 is 5.32 Å². The van der Waals surface area contributed by atoms with Crippen LogP contribution in [0.1, 0.15) is 19.3 Å². The van der Waals surface area contributed by atoms with Crippen LogP contribution >= 0.6 is 0 Å². The van der Waals surface area contributed by atoms with Crippen LogP contribution in [0.3, 0.4) is 0 Å². The molecule has 2 heterocycles. The van der Waals surface area contributed by atoms with Crippen LogP contribution in [-0.4, -0.2) is 18.6 Å². The van der Waals surface area contributed by atoms with E-state index in [9.17, 15) is 4.79 Å². The second-order valence-corrected chi connectivity index (χ2v) is 3.22. The van der Waals surface area contributed by atoms with Crippen LogP contribution in [0.5, 0.6) is 0 Å². The van der Waals surface area contributed by atoms with Gasteiger partial charge in [-0.05, 0) is 12.8 Å².